The molecule has 1 aliphatic rings. The predicted molar refractivity (Wildman–Crippen MR) is 144 cm³/mol. The topological polar surface area (TPSA) is 89.2 Å². The van der Waals surface area contributed by atoms with Gasteiger partial charge in [-0.25, -0.2) is 0 Å². The average molecular weight is 512 g/mol. The van der Waals surface area contributed by atoms with Gasteiger partial charge in [-0.1, -0.05) is 62.4 Å². The lowest BCUT2D eigenvalue weighted by molar-refractivity contribution is -0.130. The number of hydrogen-bond acceptors (Lipinski definition) is 6. The van der Waals surface area contributed by atoms with E-state index in [1.807, 2.05) is 54.6 Å². The first-order valence-corrected chi connectivity index (χ1v) is 12.4. The Hall–Kier alpha value is -4.52. The van der Waals surface area contributed by atoms with Crippen LogP contribution < -0.4 is 9.47 Å². The largest absolute Gasteiger partial charge is 0.503 e. The van der Waals surface area contributed by atoms with Crippen molar-refractivity contribution >= 4 is 22.7 Å². The molecule has 1 aliphatic heterocycles. The van der Waals surface area contributed by atoms with Crippen LogP contribution in [0.15, 0.2) is 88.5 Å². The summed E-state index contributed by atoms with van der Waals surface area (Å²) in [5.74, 6) is -0.216. The number of carbonyl (C=O) groups excluding carboxylic acids is 2. The molecule has 0 fully saturated rings. The summed E-state index contributed by atoms with van der Waals surface area (Å²) < 4.78 is 16.5. The van der Waals surface area contributed by atoms with Crippen molar-refractivity contribution in [2.24, 2.45) is 0 Å². The van der Waals surface area contributed by atoms with Crippen molar-refractivity contribution in [3.05, 3.63) is 107 Å². The van der Waals surface area contributed by atoms with E-state index in [4.69, 9.17) is 13.9 Å². The maximum absolute atomic E-state index is 13.9. The smallest absolute Gasteiger partial charge is 0.290 e. The van der Waals surface area contributed by atoms with Gasteiger partial charge in [-0.2, -0.15) is 0 Å². The normalized spacial score (nSPS) is 15.6. The zero-order valence-electron chi connectivity index (χ0n) is 21.7. The van der Waals surface area contributed by atoms with Crippen LogP contribution in [0.25, 0.3) is 11.0 Å². The third kappa shape index (κ3) is 4.41. The molecule has 0 saturated heterocycles. The molecule has 1 N–H and O–H groups in total. The Morgan fingerprint density at radius 2 is 1.71 bits per heavy atom. The molecular weight excluding hydrogens is 482 g/mol. The third-order valence-electron chi connectivity index (χ3n) is 6.93. The molecule has 0 radical (unpaired) electrons. The number of methoxy groups -OCH3 is 2. The van der Waals surface area contributed by atoms with Gasteiger partial charge in [-0.15, -0.1) is 0 Å². The Kier molecular flexibility index (Phi) is 6.68. The van der Waals surface area contributed by atoms with E-state index in [9.17, 15) is 14.7 Å². The number of aliphatic hydroxyl groups excluding tert-OH is 1. The second kappa shape index (κ2) is 10.1. The molecule has 0 saturated carbocycles. The number of benzene rings is 3. The molecule has 7 heteroatoms. The molecule has 0 bridgehead atoms. The van der Waals surface area contributed by atoms with E-state index in [2.05, 4.69) is 13.8 Å². The SMILES string of the molecule is COc1ccc(CN2C(=O)C(O)=C(C(=O)c3cc4cccc(OC)c4o3)C2c2ccc(C(C)C)cc2)cc1. The number of ketones is 1. The molecule has 1 amide bonds. The Labute approximate surface area is 220 Å². The lowest BCUT2D eigenvalue weighted by Crippen LogP contribution is -2.30. The van der Waals surface area contributed by atoms with E-state index < -0.39 is 23.5 Å². The molecule has 2 heterocycles. The zero-order valence-corrected chi connectivity index (χ0v) is 21.7. The molecule has 7 nitrogen and oxygen atoms in total. The molecule has 4 aromatic rings. The Morgan fingerprint density at radius 3 is 2.34 bits per heavy atom. The highest BCUT2D eigenvalue weighted by molar-refractivity contribution is 6.16. The Morgan fingerprint density at radius 1 is 1.00 bits per heavy atom. The van der Waals surface area contributed by atoms with Gasteiger partial charge in [0.05, 0.1) is 25.8 Å². The van der Waals surface area contributed by atoms with E-state index in [1.54, 1.807) is 25.3 Å². The summed E-state index contributed by atoms with van der Waals surface area (Å²) in [6.07, 6.45) is 0. The summed E-state index contributed by atoms with van der Waals surface area (Å²) in [7, 11) is 3.11. The van der Waals surface area contributed by atoms with Crippen LogP contribution in [0.1, 0.15) is 53.1 Å². The highest BCUT2D eigenvalue weighted by atomic mass is 16.5. The second-order valence-corrected chi connectivity index (χ2v) is 9.59. The summed E-state index contributed by atoms with van der Waals surface area (Å²) in [4.78, 5) is 28.8. The van der Waals surface area contributed by atoms with Crippen molar-refractivity contribution in [2.75, 3.05) is 14.2 Å². The van der Waals surface area contributed by atoms with Gasteiger partial charge in [0.1, 0.15) is 5.75 Å². The van der Waals surface area contributed by atoms with Crippen LogP contribution in [-0.2, 0) is 11.3 Å². The van der Waals surface area contributed by atoms with Gasteiger partial charge in [0, 0.05) is 11.9 Å². The van der Waals surface area contributed by atoms with Crippen LogP contribution in [0.5, 0.6) is 11.5 Å². The van der Waals surface area contributed by atoms with Crippen LogP contribution in [0, 0.1) is 0 Å². The minimum atomic E-state index is -0.798. The number of aliphatic hydroxyl groups is 1. The number of ether oxygens (including phenoxy) is 2. The summed E-state index contributed by atoms with van der Waals surface area (Å²) in [5.41, 5.74) is 3.09. The molecule has 194 valence electrons. The summed E-state index contributed by atoms with van der Waals surface area (Å²) in [6, 6.07) is 21.3. The number of furan rings is 1. The molecule has 0 aliphatic carbocycles. The number of para-hydroxylation sites is 1. The van der Waals surface area contributed by atoms with E-state index >= 15 is 0 Å². The molecule has 3 aromatic carbocycles. The predicted octanol–water partition coefficient (Wildman–Crippen LogP) is 6.35. The van der Waals surface area contributed by atoms with Gasteiger partial charge in [-0.3, -0.25) is 9.59 Å². The highest BCUT2D eigenvalue weighted by Crippen LogP contribution is 2.41. The average Bonchev–Trinajstić information content (AvgIpc) is 3.48. The zero-order chi connectivity index (χ0) is 27.0. The number of fused-ring (bicyclic) bond motifs is 1. The fourth-order valence-electron chi connectivity index (χ4n) is 4.83. The summed E-state index contributed by atoms with van der Waals surface area (Å²) >= 11 is 0. The van der Waals surface area contributed by atoms with Crippen molar-refractivity contribution in [2.45, 2.75) is 32.4 Å². The molecule has 1 unspecified atom stereocenters. The molecule has 0 spiro atoms. The monoisotopic (exact) mass is 511 g/mol. The van der Waals surface area contributed by atoms with E-state index in [0.29, 0.717) is 28.4 Å². The molecule has 38 heavy (non-hydrogen) atoms. The minimum Gasteiger partial charge on any atom is -0.503 e. The maximum atomic E-state index is 13.9. The summed E-state index contributed by atoms with van der Waals surface area (Å²) in [6.45, 7) is 4.38. The van der Waals surface area contributed by atoms with Crippen molar-refractivity contribution in [3.8, 4) is 11.5 Å². The van der Waals surface area contributed by atoms with E-state index in [0.717, 1.165) is 16.7 Å². The van der Waals surface area contributed by atoms with Gasteiger partial charge >= 0.3 is 0 Å². The molecule has 1 aromatic heterocycles. The number of nitrogens with zero attached hydrogens (tertiary/aromatic N) is 1. The quantitative estimate of drug-likeness (QED) is 0.277. The van der Waals surface area contributed by atoms with Crippen LogP contribution in [0.4, 0.5) is 0 Å². The molecule has 1 atom stereocenters. The first-order valence-electron chi connectivity index (χ1n) is 12.4. The van der Waals surface area contributed by atoms with Gasteiger partial charge in [0.2, 0.25) is 5.78 Å². The van der Waals surface area contributed by atoms with E-state index in [1.165, 1.54) is 12.0 Å². The maximum Gasteiger partial charge on any atom is 0.290 e. The van der Waals surface area contributed by atoms with Crippen molar-refractivity contribution < 1.29 is 28.6 Å². The van der Waals surface area contributed by atoms with E-state index in [-0.39, 0.29) is 17.9 Å². The minimum absolute atomic E-state index is 0.0150. The second-order valence-electron chi connectivity index (χ2n) is 9.59. The Bertz CT molecular complexity index is 1530. The fourth-order valence-corrected chi connectivity index (χ4v) is 4.83. The van der Waals surface area contributed by atoms with Crippen LogP contribution >= 0.6 is 0 Å². The van der Waals surface area contributed by atoms with Gasteiger partial charge in [0.15, 0.2) is 22.9 Å². The number of carbonyl (C=O) groups is 2. The molecule has 5 rings (SSSR count). The van der Waals surface area contributed by atoms with Crippen LogP contribution in [0.2, 0.25) is 0 Å². The first-order chi connectivity index (χ1) is 18.3. The fraction of sp³-hybridized carbons (Fsp3) is 0.226. The number of hydrogen-bond donors (Lipinski definition) is 1. The molecular formula is C31H29NO6. The van der Waals surface area contributed by atoms with Crippen molar-refractivity contribution in [1.29, 1.82) is 0 Å². The number of Topliss-reactive ketones (excluding diaryl/α,β-unsaturated/α-hetero) is 1. The van der Waals surface area contributed by atoms with Crippen molar-refractivity contribution in [1.82, 2.24) is 4.90 Å². The number of rotatable bonds is 8. The highest BCUT2D eigenvalue weighted by Gasteiger charge is 2.44. The summed E-state index contributed by atoms with van der Waals surface area (Å²) in [5, 5.41) is 11.7. The standard InChI is InChI=1S/C31H29NO6/c1-18(2)20-10-12-21(13-11-20)27-26(28(33)25-16-22-6-5-7-24(37-4)30(22)38-25)29(34)31(35)32(27)17-19-8-14-23(36-3)15-9-19/h5-16,18,27,34H,17H2,1-4H3. The third-order valence-corrected chi connectivity index (χ3v) is 6.93. The van der Waals surface area contributed by atoms with Gasteiger partial charge in [-0.05, 0) is 46.9 Å². The lowest BCUT2D eigenvalue weighted by atomic mass is 9.92. The van der Waals surface area contributed by atoms with Crippen LogP contribution in [0.3, 0.4) is 0 Å². The van der Waals surface area contributed by atoms with Gasteiger partial charge in [0.25, 0.3) is 5.91 Å². The van der Waals surface area contributed by atoms with Crippen molar-refractivity contribution in [3.63, 3.8) is 0 Å². The lowest BCUT2D eigenvalue weighted by Gasteiger charge is -2.27. The van der Waals surface area contributed by atoms with Crippen LogP contribution in [-0.4, -0.2) is 35.9 Å². The Balaban J connectivity index is 1.58. The number of amides is 1. The first kappa shape index (κ1) is 25.1. The van der Waals surface area contributed by atoms with Gasteiger partial charge < -0.3 is 23.9 Å².